The van der Waals surface area contributed by atoms with Crippen molar-refractivity contribution in [3.8, 4) is 0 Å². The molecule has 1 heterocycles. The molecule has 0 aromatic heterocycles. The van der Waals surface area contributed by atoms with Gasteiger partial charge in [-0.05, 0) is 24.6 Å². The Morgan fingerprint density at radius 1 is 1.29 bits per heavy atom. The topological polar surface area (TPSA) is 37.4 Å². The van der Waals surface area contributed by atoms with E-state index in [0.29, 0.717) is 6.54 Å². The molecule has 1 atom stereocenters. The highest BCUT2D eigenvalue weighted by Gasteiger charge is 2.28. The lowest BCUT2D eigenvalue weighted by Crippen LogP contribution is -2.26. The Bertz CT molecular complexity index is 491. The number of rotatable bonds is 2. The SMILES string of the molecule is CC(=O)/C=C/C1CN(C(C)=O)c2ccccc21. The zero-order valence-electron chi connectivity index (χ0n) is 10.0. The number of ketones is 1. The molecule has 1 aromatic rings. The normalized spacial score (nSPS) is 18.5. The minimum absolute atomic E-state index is 0.0313. The van der Waals surface area contributed by atoms with Gasteiger partial charge in [-0.25, -0.2) is 0 Å². The molecule has 0 N–H and O–H groups in total. The quantitative estimate of drug-likeness (QED) is 0.730. The molecule has 3 heteroatoms. The van der Waals surface area contributed by atoms with Crippen LogP contribution in [0.25, 0.3) is 0 Å². The van der Waals surface area contributed by atoms with Crippen molar-refractivity contribution in [1.82, 2.24) is 0 Å². The number of fused-ring (bicyclic) bond motifs is 1. The van der Waals surface area contributed by atoms with Gasteiger partial charge in [0, 0.05) is 25.1 Å². The van der Waals surface area contributed by atoms with Crippen molar-refractivity contribution in [3.63, 3.8) is 0 Å². The van der Waals surface area contributed by atoms with Crippen molar-refractivity contribution in [3.05, 3.63) is 42.0 Å². The van der Waals surface area contributed by atoms with Crippen molar-refractivity contribution < 1.29 is 9.59 Å². The van der Waals surface area contributed by atoms with Crippen LogP contribution in [0.4, 0.5) is 5.69 Å². The smallest absolute Gasteiger partial charge is 0.223 e. The fraction of sp³-hybridized carbons (Fsp3) is 0.286. The lowest BCUT2D eigenvalue weighted by Gasteiger charge is -2.14. The standard InChI is InChI=1S/C14H15NO2/c1-10(16)7-8-12-9-15(11(2)17)14-6-4-3-5-13(12)14/h3-8,12H,9H2,1-2H3/b8-7+. The minimum Gasteiger partial charge on any atom is -0.311 e. The van der Waals surface area contributed by atoms with Gasteiger partial charge in [0.15, 0.2) is 5.78 Å². The first-order valence-corrected chi connectivity index (χ1v) is 5.65. The van der Waals surface area contributed by atoms with Gasteiger partial charge < -0.3 is 4.90 Å². The number of nitrogens with zero attached hydrogens (tertiary/aromatic N) is 1. The second kappa shape index (κ2) is 4.53. The van der Waals surface area contributed by atoms with E-state index >= 15 is 0 Å². The second-order valence-electron chi connectivity index (χ2n) is 4.26. The van der Waals surface area contributed by atoms with Crippen LogP contribution in [0.3, 0.4) is 0 Å². The Morgan fingerprint density at radius 2 is 2.00 bits per heavy atom. The molecule has 0 spiro atoms. The predicted octanol–water partition coefficient (Wildman–Crippen LogP) is 2.28. The Hall–Kier alpha value is -1.90. The zero-order chi connectivity index (χ0) is 12.4. The van der Waals surface area contributed by atoms with E-state index in [2.05, 4.69) is 0 Å². The molecule has 88 valence electrons. The van der Waals surface area contributed by atoms with Crippen LogP contribution < -0.4 is 4.90 Å². The predicted molar refractivity (Wildman–Crippen MR) is 67.0 cm³/mol. The van der Waals surface area contributed by atoms with Gasteiger partial charge in [-0.15, -0.1) is 0 Å². The summed E-state index contributed by atoms with van der Waals surface area (Å²) in [5, 5.41) is 0. The third-order valence-corrected chi connectivity index (χ3v) is 2.95. The van der Waals surface area contributed by atoms with Gasteiger partial charge in [0.2, 0.25) is 5.91 Å². The van der Waals surface area contributed by atoms with Gasteiger partial charge in [0.25, 0.3) is 0 Å². The van der Waals surface area contributed by atoms with E-state index in [9.17, 15) is 9.59 Å². The number of hydrogen-bond acceptors (Lipinski definition) is 2. The lowest BCUT2D eigenvalue weighted by atomic mass is 10.0. The van der Waals surface area contributed by atoms with Gasteiger partial charge in [0.05, 0.1) is 0 Å². The summed E-state index contributed by atoms with van der Waals surface area (Å²) in [6, 6.07) is 7.83. The largest absolute Gasteiger partial charge is 0.311 e. The summed E-state index contributed by atoms with van der Waals surface area (Å²) in [5.41, 5.74) is 2.07. The molecule has 0 fully saturated rings. The van der Waals surface area contributed by atoms with E-state index in [4.69, 9.17) is 0 Å². The third kappa shape index (κ3) is 2.28. The maximum absolute atomic E-state index is 11.5. The van der Waals surface area contributed by atoms with Crippen LogP contribution >= 0.6 is 0 Å². The summed E-state index contributed by atoms with van der Waals surface area (Å²) in [6.45, 7) is 3.71. The molecule has 0 saturated carbocycles. The van der Waals surface area contributed by atoms with E-state index in [-0.39, 0.29) is 17.6 Å². The van der Waals surface area contributed by atoms with Crippen LogP contribution in [0.1, 0.15) is 25.3 Å². The lowest BCUT2D eigenvalue weighted by molar-refractivity contribution is -0.116. The molecule has 1 unspecified atom stereocenters. The zero-order valence-corrected chi connectivity index (χ0v) is 10.0. The van der Waals surface area contributed by atoms with Crippen molar-refractivity contribution in [1.29, 1.82) is 0 Å². The van der Waals surface area contributed by atoms with E-state index in [1.807, 2.05) is 30.3 Å². The first-order valence-electron chi connectivity index (χ1n) is 5.65. The summed E-state index contributed by atoms with van der Waals surface area (Å²) >= 11 is 0. The highest BCUT2D eigenvalue weighted by atomic mass is 16.2. The Balaban J connectivity index is 2.35. The number of hydrogen-bond donors (Lipinski definition) is 0. The molecule has 0 bridgehead atoms. The molecule has 17 heavy (non-hydrogen) atoms. The minimum atomic E-state index is 0.0313. The molecular weight excluding hydrogens is 214 g/mol. The summed E-state index contributed by atoms with van der Waals surface area (Å²) in [4.78, 5) is 24.2. The third-order valence-electron chi connectivity index (χ3n) is 2.95. The van der Waals surface area contributed by atoms with E-state index in [1.54, 1.807) is 17.9 Å². The number of carbonyl (C=O) groups is 2. The van der Waals surface area contributed by atoms with Crippen molar-refractivity contribution in [2.45, 2.75) is 19.8 Å². The molecule has 1 amide bonds. The highest BCUT2D eigenvalue weighted by Crippen LogP contribution is 2.36. The van der Waals surface area contributed by atoms with Gasteiger partial charge in [0.1, 0.15) is 0 Å². The Kier molecular flexibility index (Phi) is 3.09. The molecule has 2 rings (SSSR count). The van der Waals surface area contributed by atoms with Crippen LogP contribution in [-0.2, 0) is 9.59 Å². The Morgan fingerprint density at radius 3 is 2.65 bits per heavy atom. The average molecular weight is 229 g/mol. The first kappa shape index (κ1) is 11.6. The molecule has 0 saturated heterocycles. The molecule has 1 aromatic carbocycles. The summed E-state index contributed by atoms with van der Waals surface area (Å²) in [6.07, 6.45) is 3.45. The van der Waals surface area contributed by atoms with Crippen LogP contribution in [0.5, 0.6) is 0 Å². The maximum Gasteiger partial charge on any atom is 0.223 e. The van der Waals surface area contributed by atoms with Crippen LogP contribution in [0.2, 0.25) is 0 Å². The van der Waals surface area contributed by atoms with E-state index in [1.165, 1.54) is 6.92 Å². The summed E-state index contributed by atoms with van der Waals surface area (Å²) in [5.74, 6) is 0.193. The molecule has 1 aliphatic rings. The highest BCUT2D eigenvalue weighted by molar-refractivity contribution is 5.94. The molecule has 3 nitrogen and oxygen atoms in total. The second-order valence-corrected chi connectivity index (χ2v) is 4.26. The number of allylic oxidation sites excluding steroid dienone is 1. The monoisotopic (exact) mass is 229 g/mol. The summed E-state index contributed by atoms with van der Waals surface area (Å²) < 4.78 is 0. The van der Waals surface area contributed by atoms with Crippen molar-refractivity contribution in [2.24, 2.45) is 0 Å². The molecule has 0 radical (unpaired) electrons. The van der Waals surface area contributed by atoms with Gasteiger partial charge >= 0.3 is 0 Å². The van der Waals surface area contributed by atoms with E-state index < -0.39 is 0 Å². The maximum atomic E-state index is 11.5. The van der Waals surface area contributed by atoms with Gasteiger partial charge in [-0.3, -0.25) is 9.59 Å². The first-order chi connectivity index (χ1) is 8.09. The molecular formula is C14H15NO2. The number of benzene rings is 1. The Labute approximate surface area is 101 Å². The van der Waals surface area contributed by atoms with Gasteiger partial charge in [-0.1, -0.05) is 24.3 Å². The van der Waals surface area contributed by atoms with Crippen LogP contribution in [0.15, 0.2) is 36.4 Å². The molecule has 0 aliphatic carbocycles. The number of carbonyl (C=O) groups excluding carboxylic acids is 2. The van der Waals surface area contributed by atoms with Crippen molar-refractivity contribution >= 4 is 17.4 Å². The fourth-order valence-electron chi connectivity index (χ4n) is 2.15. The summed E-state index contributed by atoms with van der Waals surface area (Å²) in [7, 11) is 0. The van der Waals surface area contributed by atoms with Crippen molar-refractivity contribution in [2.75, 3.05) is 11.4 Å². The van der Waals surface area contributed by atoms with Crippen LogP contribution in [-0.4, -0.2) is 18.2 Å². The molecule has 1 aliphatic heterocycles. The van der Waals surface area contributed by atoms with Crippen LogP contribution in [0, 0.1) is 0 Å². The fourth-order valence-corrected chi connectivity index (χ4v) is 2.15. The van der Waals surface area contributed by atoms with Gasteiger partial charge in [-0.2, -0.15) is 0 Å². The number of amides is 1. The van der Waals surface area contributed by atoms with E-state index in [0.717, 1.165) is 11.3 Å². The average Bonchev–Trinajstić information content (AvgIpc) is 2.65. The number of anilines is 1. The number of para-hydroxylation sites is 1.